The van der Waals surface area contributed by atoms with Crippen LogP contribution in [0.15, 0.2) is 66.7 Å². The van der Waals surface area contributed by atoms with Crippen LogP contribution >= 0.6 is 42.7 Å². The summed E-state index contributed by atoms with van der Waals surface area (Å²) in [5.41, 5.74) is 7.03. The van der Waals surface area contributed by atoms with Gasteiger partial charge in [-0.15, -0.1) is 11.8 Å². The fraction of sp³-hybridized carbons (Fsp3) is 0.394. The Balaban J connectivity index is 1.40. The van der Waals surface area contributed by atoms with E-state index in [1.54, 1.807) is 23.9 Å². The minimum absolute atomic E-state index is 0.0929. The molecule has 3 unspecified atom stereocenters. The number of primary amides is 1. The number of benzene rings is 3. The van der Waals surface area contributed by atoms with Gasteiger partial charge < -0.3 is 31.1 Å². The summed E-state index contributed by atoms with van der Waals surface area (Å²) in [6.07, 6.45) is 1.92. The van der Waals surface area contributed by atoms with Crippen LogP contribution in [0.1, 0.15) is 36.8 Å². The van der Waals surface area contributed by atoms with Crippen molar-refractivity contribution >= 4 is 77.1 Å². The molecule has 6 N–H and O–H groups in total. The third-order valence-electron chi connectivity index (χ3n) is 7.83. The fourth-order valence-electron chi connectivity index (χ4n) is 5.43. The zero-order chi connectivity index (χ0) is 34.7. The van der Waals surface area contributed by atoms with E-state index in [-0.39, 0.29) is 25.1 Å². The first kappa shape index (κ1) is 37.8. The van der Waals surface area contributed by atoms with E-state index in [9.17, 15) is 33.5 Å². The summed E-state index contributed by atoms with van der Waals surface area (Å²) in [6.45, 7) is 0.245. The van der Waals surface area contributed by atoms with Gasteiger partial charge in [-0.3, -0.25) is 23.7 Å². The monoisotopic (exact) mass is 734 g/mol. The highest BCUT2D eigenvalue weighted by atomic mass is 35.5. The van der Waals surface area contributed by atoms with Crippen LogP contribution in [-0.2, 0) is 35.9 Å². The van der Waals surface area contributed by atoms with E-state index in [1.807, 2.05) is 54.6 Å². The average molecular weight is 735 g/mol. The first-order chi connectivity index (χ1) is 22.9. The molecule has 1 aliphatic heterocycles. The van der Waals surface area contributed by atoms with Gasteiger partial charge >= 0.3 is 7.60 Å². The number of carbonyl (C=O) groups excluding carboxylic acids is 4. The number of carbonyl (C=O) groups is 4. The second kappa shape index (κ2) is 18.1. The lowest BCUT2D eigenvalue weighted by atomic mass is 9.98. The van der Waals surface area contributed by atoms with Crippen LogP contribution in [0.4, 0.5) is 0 Å². The van der Waals surface area contributed by atoms with Gasteiger partial charge in [-0.25, -0.2) is 0 Å². The zero-order valence-corrected chi connectivity index (χ0v) is 29.5. The second-order valence-electron chi connectivity index (χ2n) is 11.6. The van der Waals surface area contributed by atoms with Crippen molar-refractivity contribution in [2.75, 3.05) is 23.5 Å². The molecule has 11 nitrogen and oxygen atoms in total. The number of nitrogens with zero attached hydrogens (tertiary/aromatic N) is 1. The van der Waals surface area contributed by atoms with Crippen LogP contribution < -0.4 is 16.4 Å². The summed E-state index contributed by atoms with van der Waals surface area (Å²) in [4.78, 5) is 73.0. The summed E-state index contributed by atoms with van der Waals surface area (Å²) in [5, 5.41) is 8.14. The number of likely N-dealkylation sites (tertiary alicyclic amines) is 1. The maximum Gasteiger partial charge on any atom is 0.335 e. The molecule has 0 aromatic heterocycles. The molecule has 4 rings (SSSR count). The van der Waals surface area contributed by atoms with Crippen molar-refractivity contribution in [3.8, 4) is 0 Å². The van der Waals surface area contributed by atoms with Crippen LogP contribution in [0.3, 0.4) is 0 Å². The van der Waals surface area contributed by atoms with Crippen LogP contribution in [0.25, 0.3) is 10.8 Å². The van der Waals surface area contributed by atoms with E-state index in [2.05, 4.69) is 10.6 Å². The molecule has 48 heavy (non-hydrogen) atoms. The van der Waals surface area contributed by atoms with Crippen molar-refractivity contribution in [2.45, 2.75) is 56.0 Å². The van der Waals surface area contributed by atoms with Crippen LogP contribution in [-0.4, -0.2) is 80.0 Å². The molecule has 0 saturated carbocycles. The highest BCUT2D eigenvalue weighted by Crippen LogP contribution is 2.38. The standard InChI is InChI=1S/C33H40ClN4O7PS2/c34-26-12-9-22(10-13-26)19-47-16-14-30(39)36-28(20-48-21-46(43,44)45)33(42)38-15-4-3-7-29(38)32(41)37-27(31(35)40)18-23-8-11-24-5-1-2-6-25(24)17-23/h1-2,5-6,8-13,17,27-29H,3-4,7,14-16,18-21H2,(H2,35,40)(H,36,39)(H,37,41)(H2,43,44,45). The molecule has 1 heterocycles. The molecule has 3 aromatic rings. The Morgan fingerprint density at radius 2 is 1.65 bits per heavy atom. The molecule has 1 aliphatic rings. The third-order valence-corrected chi connectivity index (χ3v) is 11.8. The summed E-state index contributed by atoms with van der Waals surface area (Å²) in [7, 11) is -4.36. The molecule has 15 heteroatoms. The van der Waals surface area contributed by atoms with Gasteiger partial charge in [0.2, 0.25) is 23.6 Å². The Bertz CT molecular complexity index is 1640. The maximum absolute atomic E-state index is 13.9. The molecular formula is C33H40ClN4O7PS2. The topological polar surface area (TPSA) is 179 Å². The first-order valence-electron chi connectivity index (χ1n) is 15.5. The Morgan fingerprint density at radius 3 is 2.35 bits per heavy atom. The van der Waals surface area contributed by atoms with E-state index in [0.29, 0.717) is 35.8 Å². The minimum Gasteiger partial charge on any atom is -0.368 e. The molecular weight excluding hydrogens is 695 g/mol. The quantitative estimate of drug-likeness (QED) is 0.107. The van der Waals surface area contributed by atoms with Gasteiger partial charge in [-0.05, 0) is 53.3 Å². The molecule has 1 saturated heterocycles. The number of nitrogens with one attached hydrogen (secondary N) is 2. The van der Waals surface area contributed by atoms with Crippen molar-refractivity contribution < 1.29 is 33.5 Å². The Morgan fingerprint density at radius 1 is 0.938 bits per heavy atom. The van der Waals surface area contributed by atoms with Crippen LogP contribution in [0, 0.1) is 0 Å². The van der Waals surface area contributed by atoms with E-state index in [0.717, 1.165) is 33.7 Å². The van der Waals surface area contributed by atoms with Gasteiger partial charge in [0.15, 0.2) is 0 Å². The van der Waals surface area contributed by atoms with Crippen LogP contribution in [0.5, 0.6) is 0 Å². The molecule has 3 atom stereocenters. The van der Waals surface area contributed by atoms with Crippen molar-refractivity contribution in [2.24, 2.45) is 5.73 Å². The zero-order valence-electron chi connectivity index (χ0n) is 26.3. The molecule has 0 aliphatic carbocycles. The van der Waals surface area contributed by atoms with E-state index in [4.69, 9.17) is 17.3 Å². The molecule has 0 radical (unpaired) electrons. The number of nitrogens with two attached hydrogens (primary N) is 1. The number of thioether (sulfide) groups is 2. The predicted molar refractivity (Wildman–Crippen MR) is 192 cm³/mol. The molecule has 1 fully saturated rings. The van der Waals surface area contributed by atoms with E-state index in [1.165, 1.54) is 4.90 Å². The number of fused-ring (bicyclic) bond motifs is 1. The first-order valence-corrected chi connectivity index (χ1v) is 20.0. The number of rotatable bonds is 16. The highest BCUT2D eigenvalue weighted by Gasteiger charge is 2.37. The summed E-state index contributed by atoms with van der Waals surface area (Å²) in [5.74, 6) is -1.10. The van der Waals surface area contributed by atoms with Crippen molar-refractivity contribution in [3.63, 3.8) is 0 Å². The minimum atomic E-state index is -4.36. The van der Waals surface area contributed by atoms with Crippen molar-refractivity contribution in [1.82, 2.24) is 15.5 Å². The van der Waals surface area contributed by atoms with E-state index < -0.39 is 54.8 Å². The lowest BCUT2D eigenvalue weighted by molar-refractivity contribution is -0.145. The Labute approximate surface area is 293 Å². The number of hydrogen-bond donors (Lipinski definition) is 5. The number of hydrogen-bond acceptors (Lipinski definition) is 7. The lowest BCUT2D eigenvalue weighted by Crippen LogP contribution is -2.60. The van der Waals surface area contributed by atoms with Gasteiger partial charge in [-0.2, -0.15) is 11.8 Å². The smallest absolute Gasteiger partial charge is 0.335 e. The lowest BCUT2D eigenvalue weighted by Gasteiger charge is -2.37. The second-order valence-corrected chi connectivity index (χ2v) is 16.3. The third kappa shape index (κ3) is 11.8. The Kier molecular flexibility index (Phi) is 14.2. The predicted octanol–water partition coefficient (Wildman–Crippen LogP) is 4.06. The van der Waals surface area contributed by atoms with E-state index >= 15 is 0 Å². The highest BCUT2D eigenvalue weighted by molar-refractivity contribution is 8.04. The number of halogens is 1. The SMILES string of the molecule is NC(=O)C(Cc1ccc2ccccc2c1)NC(=O)C1CCCCN1C(=O)C(CSCP(=O)(O)O)NC(=O)CCSCc1ccc(Cl)cc1. The fourth-order valence-corrected chi connectivity index (χ4v) is 8.29. The molecule has 258 valence electrons. The normalized spacial score (nSPS) is 16.2. The Hall–Kier alpha value is -3.06. The number of piperidine rings is 1. The summed E-state index contributed by atoms with van der Waals surface area (Å²) < 4.78 is 11.5. The average Bonchev–Trinajstić information content (AvgIpc) is 3.05. The molecule has 4 amide bonds. The van der Waals surface area contributed by atoms with Gasteiger partial charge in [-0.1, -0.05) is 66.2 Å². The maximum atomic E-state index is 13.9. The van der Waals surface area contributed by atoms with Gasteiger partial charge in [0, 0.05) is 41.7 Å². The largest absolute Gasteiger partial charge is 0.368 e. The summed E-state index contributed by atoms with van der Waals surface area (Å²) in [6, 6.07) is 17.9. The summed E-state index contributed by atoms with van der Waals surface area (Å²) >= 11 is 8.33. The van der Waals surface area contributed by atoms with Gasteiger partial charge in [0.1, 0.15) is 18.1 Å². The van der Waals surface area contributed by atoms with Crippen molar-refractivity contribution in [1.29, 1.82) is 0 Å². The molecule has 0 bridgehead atoms. The van der Waals surface area contributed by atoms with Gasteiger partial charge in [0.05, 0.1) is 5.49 Å². The molecule has 0 spiro atoms. The van der Waals surface area contributed by atoms with Gasteiger partial charge in [0.25, 0.3) is 0 Å². The molecule has 3 aromatic carbocycles. The number of amides is 4. The van der Waals surface area contributed by atoms with Crippen molar-refractivity contribution in [3.05, 3.63) is 82.9 Å². The van der Waals surface area contributed by atoms with Crippen LogP contribution in [0.2, 0.25) is 5.02 Å².